The number of benzene rings is 3. The minimum absolute atomic E-state index is 0.0297. The Morgan fingerprint density at radius 3 is 2.48 bits per heavy atom. The fourth-order valence-electron chi connectivity index (χ4n) is 5.67. The van der Waals surface area contributed by atoms with E-state index >= 15 is 0 Å². The van der Waals surface area contributed by atoms with Gasteiger partial charge < -0.3 is 10.1 Å². The molecule has 0 aromatic heterocycles. The van der Waals surface area contributed by atoms with E-state index < -0.39 is 12.1 Å². The maximum Gasteiger partial charge on any atom is 0.471 e. The molecule has 1 N–H and O–H groups in total. The molecule has 5 rings (SSSR count). The number of anilines is 1. The average molecular weight is 622 g/mol. The Balaban J connectivity index is 1.50. The largest absolute Gasteiger partial charge is 0.489 e. The molecule has 1 aliphatic carbocycles. The second-order valence-electron chi connectivity index (χ2n) is 10.6. The van der Waals surface area contributed by atoms with Crippen LogP contribution in [0.5, 0.6) is 5.75 Å². The van der Waals surface area contributed by atoms with Gasteiger partial charge in [0.2, 0.25) is 0 Å². The third-order valence-corrected chi connectivity index (χ3v) is 8.15. The number of alkyl halides is 4. The molecule has 1 saturated heterocycles. The van der Waals surface area contributed by atoms with Gasteiger partial charge in [0.15, 0.2) is 0 Å². The van der Waals surface area contributed by atoms with Crippen LogP contribution in [-0.2, 0) is 11.2 Å². The molecule has 3 aromatic carbocycles. The molecule has 0 radical (unpaired) electrons. The SMILES string of the molecule is O=C(Nc1ccc2c(c1)CCCC(c1ccc(Cl)cc1Cl)=C2c1ccc(OC2CCN(CCCF)C2)cc1)C(F)(F)F. The van der Waals surface area contributed by atoms with Gasteiger partial charge in [-0.2, -0.15) is 13.2 Å². The number of carbonyl (C=O) groups excluding carboxylic acids is 1. The van der Waals surface area contributed by atoms with Gasteiger partial charge in [0.05, 0.1) is 6.67 Å². The molecule has 1 unspecified atom stereocenters. The van der Waals surface area contributed by atoms with Crippen LogP contribution >= 0.6 is 23.2 Å². The molecular formula is C32H30Cl2F4N2O2. The number of aryl methyl sites for hydroxylation is 1. The molecule has 1 heterocycles. The Morgan fingerprint density at radius 2 is 1.76 bits per heavy atom. The summed E-state index contributed by atoms with van der Waals surface area (Å²) in [6.07, 6.45) is -1.56. The normalized spacial score (nSPS) is 17.6. The lowest BCUT2D eigenvalue weighted by Gasteiger charge is -2.19. The van der Waals surface area contributed by atoms with Gasteiger partial charge in [-0.25, -0.2) is 0 Å². The minimum Gasteiger partial charge on any atom is -0.489 e. The van der Waals surface area contributed by atoms with Crippen LogP contribution in [0.15, 0.2) is 60.7 Å². The van der Waals surface area contributed by atoms with Gasteiger partial charge in [0, 0.05) is 35.4 Å². The number of nitrogens with one attached hydrogen (secondary N) is 1. The first-order valence-electron chi connectivity index (χ1n) is 13.9. The van der Waals surface area contributed by atoms with Crippen molar-refractivity contribution < 1.29 is 27.1 Å². The Morgan fingerprint density at radius 1 is 1.00 bits per heavy atom. The van der Waals surface area contributed by atoms with Crippen LogP contribution in [0.2, 0.25) is 10.0 Å². The maximum atomic E-state index is 12.9. The third kappa shape index (κ3) is 7.10. The smallest absolute Gasteiger partial charge is 0.471 e. The van der Waals surface area contributed by atoms with Crippen molar-refractivity contribution in [3.8, 4) is 5.75 Å². The van der Waals surface area contributed by atoms with E-state index in [1.165, 1.54) is 6.07 Å². The number of halogens is 6. The Kier molecular flexibility index (Phi) is 9.45. The first-order chi connectivity index (χ1) is 20.1. The standard InChI is InChI=1S/C32H30Cl2F4N2O2/c33-22-7-11-27(29(34)18-22)28-4-1-3-21-17-23(39-31(41)32(36,37)38)8-12-26(21)30(28)20-5-9-24(10-6-20)42-25-13-16-40(19-25)15-2-14-35/h5-12,17-18,25H,1-4,13-16,19H2,(H,39,41). The van der Waals surface area contributed by atoms with E-state index in [2.05, 4.69) is 4.90 Å². The van der Waals surface area contributed by atoms with Crippen molar-refractivity contribution in [1.82, 2.24) is 4.90 Å². The summed E-state index contributed by atoms with van der Waals surface area (Å²) >= 11 is 12.9. The summed E-state index contributed by atoms with van der Waals surface area (Å²) in [5.41, 5.74) is 5.40. The highest BCUT2D eigenvalue weighted by Gasteiger charge is 2.38. The number of carbonyl (C=O) groups is 1. The number of ether oxygens (including phenoxy) is 1. The molecule has 2 aliphatic rings. The van der Waals surface area contributed by atoms with E-state index in [1.807, 2.05) is 35.6 Å². The number of allylic oxidation sites excluding steroid dienone is 1. The molecule has 0 saturated carbocycles. The lowest BCUT2D eigenvalue weighted by molar-refractivity contribution is -0.167. The molecule has 42 heavy (non-hydrogen) atoms. The summed E-state index contributed by atoms with van der Waals surface area (Å²) < 4.78 is 57.4. The van der Waals surface area contributed by atoms with E-state index in [-0.39, 0.29) is 18.5 Å². The van der Waals surface area contributed by atoms with Crippen LogP contribution in [0.3, 0.4) is 0 Å². The zero-order valence-electron chi connectivity index (χ0n) is 22.7. The molecule has 1 fully saturated rings. The summed E-state index contributed by atoms with van der Waals surface area (Å²) in [6.45, 7) is 2.03. The molecule has 222 valence electrons. The lowest BCUT2D eigenvalue weighted by atomic mass is 9.87. The number of amides is 1. The van der Waals surface area contributed by atoms with E-state index in [1.54, 1.807) is 24.3 Å². The fraction of sp³-hybridized carbons (Fsp3) is 0.344. The second kappa shape index (κ2) is 13.1. The van der Waals surface area contributed by atoms with Crippen molar-refractivity contribution >= 4 is 45.9 Å². The molecule has 4 nitrogen and oxygen atoms in total. The summed E-state index contributed by atoms with van der Waals surface area (Å²) in [4.78, 5) is 13.8. The Hall–Kier alpha value is -3.07. The predicted octanol–water partition coefficient (Wildman–Crippen LogP) is 8.60. The molecule has 1 aliphatic heterocycles. The van der Waals surface area contributed by atoms with Crippen molar-refractivity contribution in [3.63, 3.8) is 0 Å². The molecule has 1 amide bonds. The Labute approximate surface area is 252 Å². The molecule has 0 bridgehead atoms. The van der Waals surface area contributed by atoms with E-state index in [0.29, 0.717) is 29.3 Å². The highest BCUT2D eigenvalue weighted by Crippen LogP contribution is 2.43. The van der Waals surface area contributed by atoms with Crippen LogP contribution in [0.1, 0.15) is 47.9 Å². The van der Waals surface area contributed by atoms with Gasteiger partial charge in [0.1, 0.15) is 11.9 Å². The average Bonchev–Trinajstić information content (AvgIpc) is 3.31. The zero-order valence-corrected chi connectivity index (χ0v) is 24.3. The topological polar surface area (TPSA) is 41.6 Å². The van der Waals surface area contributed by atoms with Gasteiger partial charge in [-0.3, -0.25) is 14.1 Å². The van der Waals surface area contributed by atoms with Crippen LogP contribution < -0.4 is 10.1 Å². The van der Waals surface area contributed by atoms with Crippen LogP contribution in [0, 0.1) is 0 Å². The minimum atomic E-state index is -4.98. The number of hydrogen-bond donors (Lipinski definition) is 1. The predicted molar refractivity (Wildman–Crippen MR) is 159 cm³/mol. The lowest BCUT2D eigenvalue weighted by Crippen LogP contribution is -2.29. The summed E-state index contributed by atoms with van der Waals surface area (Å²) in [7, 11) is 0. The fourth-order valence-corrected chi connectivity index (χ4v) is 6.20. The highest BCUT2D eigenvalue weighted by molar-refractivity contribution is 6.36. The summed E-state index contributed by atoms with van der Waals surface area (Å²) in [6, 6.07) is 18.0. The van der Waals surface area contributed by atoms with Crippen molar-refractivity contribution in [1.29, 1.82) is 0 Å². The summed E-state index contributed by atoms with van der Waals surface area (Å²) in [5.74, 6) is -1.29. The van der Waals surface area contributed by atoms with Gasteiger partial charge in [-0.05, 0) is 102 Å². The number of hydrogen-bond acceptors (Lipinski definition) is 3. The van der Waals surface area contributed by atoms with Gasteiger partial charge >= 0.3 is 12.1 Å². The van der Waals surface area contributed by atoms with E-state index in [4.69, 9.17) is 27.9 Å². The van der Waals surface area contributed by atoms with Gasteiger partial charge in [-0.15, -0.1) is 0 Å². The van der Waals surface area contributed by atoms with Crippen molar-refractivity contribution in [2.75, 3.05) is 31.6 Å². The van der Waals surface area contributed by atoms with Crippen LogP contribution in [-0.4, -0.2) is 49.4 Å². The third-order valence-electron chi connectivity index (χ3n) is 7.60. The van der Waals surface area contributed by atoms with Crippen LogP contribution in [0.25, 0.3) is 11.1 Å². The highest BCUT2D eigenvalue weighted by atomic mass is 35.5. The van der Waals surface area contributed by atoms with Crippen molar-refractivity contribution in [2.45, 2.75) is 44.4 Å². The monoisotopic (exact) mass is 620 g/mol. The summed E-state index contributed by atoms with van der Waals surface area (Å²) in [5, 5.41) is 2.99. The number of nitrogens with zero attached hydrogens (tertiary/aromatic N) is 1. The first-order valence-corrected chi connectivity index (χ1v) is 14.6. The Bertz CT molecular complexity index is 1470. The van der Waals surface area contributed by atoms with E-state index in [0.717, 1.165) is 71.6 Å². The molecule has 3 aromatic rings. The van der Waals surface area contributed by atoms with Crippen molar-refractivity contribution in [2.24, 2.45) is 0 Å². The number of likely N-dealkylation sites (tertiary alicyclic amines) is 1. The maximum absolute atomic E-state index is 12.9. The van der Waals surface area contributed by atoms with Gasteiger partial charge in [-0.1, -0.05) is 47.5 Å². The zero-order chi connectivity index (χ0) is 29.9. The second-order valence-corrected chi connectivity index (χ2v) is 11.4. The molecular weight excluding hydrogens is 591 g/mol. The number of rotatable bonds is 8. The molecule has 10 heteroatoms. The molecule has 0 spiro atoms. The quantitative estimate of drug-likeness (QED) is 0.256. The molecule has 1 atom stereocenters. The number of fused-ring (bicyclic) bond motifs is 1. The first kappa shape index (κ1) is 30.4. The van der Waals surface area contributed by atoms with Gasteiger partial charge in [0.25, 0.3) is 0 Å². The van der Waals surface area contributed by atoms with E-state index in [9.17, 15) is 22.4 Å². The van der Waals surface area contributed by atoms with Crippen molar-refractivity contribution in [3.05, 3.63) is 93.0 Å². The van der Waals surface area contributed by atoms with Crippen LogP contribution in [0.4, 0.5) is 23.2 Å².